The molecule has 3 rings (SSSR count). The molecule has 2 heterocycles. The number of guanidine groups is 1. The molecule has 1 atom stereocenters. The van der Waals surface area contributed by atoms with Crippen molar-refractivity contribution < 1.29 is 14.0 Å². The fourth-order valence-electron chi connectivity index (χ4n) is 3.12. The maximum Gasteiger partial charge on any atom is 0.231 e. The summed E-state index contributed by atoms with van der Waals surface area (Å²) in [5.41, 5.74) is 5.77. The number of aliphatic imine (C=N–C) groups is 1. The molecular weight excluding hydrogens is 393 g/mol. The molecule has 2 N–H and O–H groups in total. The van der Waals surface area contributed by atoms with Gasteiger partial charge in [-0.25, -0.2) is 19.4 Å². The number of carbonyl (C=O) groups excluding carboxylic acids is 2. The van der Waals surface area contributed by atoms with Crippen LogP contribution in [0.3, 0.4) is 0 Å². The molecule has 1 aromatic carbocycles. The summed E-state index contributed by atoms with van der Waals surface area (Å²) >= 11 is 1.54. The average molecular weight is 415 g/mol. The largest absolute Gasteiger partial charge is 0.369 e. The minimum absolute atomic E-state index is 0.0133. The van der Waals surface area contributed by atoms with E-state index in [9.17, 15) is 14.0 Å². The highest BCUT2D eigenvalue weighted by Gasteiger charge is 2.38. The van der Waals surface area contributed by atoms with Crippen LogP contribution in [0.15, 0.2) is 40.6 Å². The van der Waals surface area contributed by atoms with Crippen molar-refractivity contribution in [2.45, 2.75) is 37.3 Å². The van der Waals surface area contributed by atoms with Crippen molar-refractivity contribution in [2.24, 2.45) is 10.7 Å². The SMILES string of the molecule is CCSc1cnc(C(=O)Cc2ccc(F)c(C3(C)CC(=O)N(C)C(N)=N3)c2)cn1. The highest BCUT2D eigenvalue weighted by molar-refractivity contribution is 7.99. The van der Waals surface area contributed by atoms with Crippen molar-refractivity contribution in [3.8, 4) is 0 Å². The van der Waals surface area contributed by atoms with Gasteiger partial charge in [-0.3, -0.25) is 14.5 Å². The fourth-order valence-corrected chi connectivity index (χ4v) is 3.67. The predicted molar refractivity (Wildman–Crippen MR) is 109 cm³/mol. The smallest absolute Gasteiger partial charge is 0.231 e. The molecule has 0 saturated carbocycles. The normalized spacial score (nSPS) is 19.2. The van der Waals surface area contributed by atoms with Gasteiger partial charge in [0.05, 0.1) is 24.4 Å². The second-order valence-corrected chi connectivity index (χ2v) is 8.24. The van der Waals surface area contributed by atoms with Gasteiger partial charge in [-0.1, -0.05) is 13.0 Å². The molecule has 29 heavy (non-hydrogen) atoms. The van der Waals surface area contributed by atoms with Gasteiger partial charge < -0.3 is 5.73 Å². The van der Waals surface area contributed by atoms with Crippen LogP contribution >= 0.6 is 11.8 Å². The number of thioether (sulfide) groups is 1. The zero-order chi connectivity index (χ0) is 21.2. The first kappa shape index (κ1) is 20.9. The Bertz CT molecular complexity index is 979. The third-order valence-corrected chi connectivity index (χ3v) is 5.55. The first-order valence-electron chi connectivity index (χ1n) is 9.12. The monoisotopic (exact) mass is 415 g/mol. The summed E-state index contributed by atoms with van der Waals surface area (Å²) in [5.74, 6) is -0.0788. The van der Waals surface area contributed by atoms with Crippen LogP contribution in [0.2, 0.25) is 0 Å². The standard InChI is InChI=1S/C20H22FN5O2S/c1-4-29-17-11-23-15(10-24-17)16(27)8-12-5-6-14(21)13(7-12)20(2)9-18(28)26(3)19(22)25-20/h5-7,10-11H,4,8-9H2,1-3H3,(H2,22,25). The van der Waals surface area contributed by atoms with Crippen molar-refractivity contribution >= 4 is 29.4 Å². The van der Waals surface area contributed by atoms with E-state index in [1.54, 1.807) is 25.3 Å². The van der Waals surface area contributed by atoms with Crippen molar-refractivity contribution in [1.29, 1.82) is 0 Å². The van der Waals surface area contributed by atoms with E-state index in [4.69, 9.17) is 5.73 Å². The Morgan fingerprint density at radius 1 is 1.34 bits per heavy atom. The quantitative estimate of drug-likeness (QED) is 0.575. The van der Waals surface area contributed by atoms with Gasteiger partial charge in [-0.05, 0) is 30.4 Å². The van der Waals surface area contributed by atoms with Crippen LogP contribution in [0.1, 0.15) is 41.9 Å². The number of rotatable bonds is 6. The van der Waals surface area contributed by atoms with Crippen molar-refractivity contribution in [3.63, 3.8) is 0 Å². The molecule has 152 valence electrons. The molecule has 0 aliphatic carbocycles. The number of halogens is 1. The molecule has 1 aromatic heterocycles. The molecular formula is C20H22FN5O2S. The highest BCUT2D eigenvalue weighted by atomic mass is 32.2. The first-order valence-corrected chi connectivity index (χ1v) is 10.1. The Morgan fingerprint density at radius 2 is 2.10 bits per heavy atom. The second-order valence-electron chi connectivity index (χ2n) is 6.96. The van der Waals surface area contributed by atoms with E-state index in [0.717, 1.165) is 10.8 Å². The van der Waals surface area contributed by atoms with E-state index in [0.29, 0.717) is 5.56 Å². The molecule has 0 bridgehead atoms. The molecule has 0 spiro atoms. The molecule has 1 unspecified atom stereocenters. The Balaban J connectivity index is 1.86. The fraction of sp³-hybridized carbons (Fsp3) is 0.350. The zero-order valence-corrected chi connectivity index (χ0v) is 17.3. The molecule has 2 aromatic rings. The third-order valence-electron chi connectivity index (χ3n) is 4.76. The summed E-state index contributed by atoms with van der Waals surface area (Å²) in [5, 5.41) is 0.753. The van der Waals surface area contributed by atoms with E-state index in [1.165, 1.54) is 36.0 Å². The molecule has 0 radical (unpaired) electrons. The number of nitrogens with zero attached hydrogens (tertiary/aromatic N) is 4. The van der Waals surface area contributed by atoms with Gasteiger partial charge in [0.2, 0.25) is 5.91 Å². The molecule has 1 aliphatic rings. The van der Waals surface area contributed by atoms with Gasteiger partial charge in [0, 0.05) is 19.0 Å². The first-order chi connectivity index (χ1) is 13.7. The molecule has 9 heteroatoms. The zero-order valence-electron chi connectivity index (χ0n) is 16.5. The molecule has 7 nitrogen and oxygen atoms in total. The number of carbonyl (C=O) groups is 2. The van der Waals surface area contributed by atoms with E-state index in [-0.39, 0.29) is 41.7 Å². The summed E-state index contributed by atoms with van der Waals surface area (Å²) in [6.07, 6.45) is 3.04. The van der Waals surface area contributed by atoms with Crippen molar-refractivity contribution in [1.82, 2.24) is 14.9 Å². The Morgan fingerprint density at radius 3 is 2.72 bits per heavy atom. The number of aromatic nitrogens is 2. The van der Waals surface area contributed by atoms with Crippen LogP contribution in [-0.2, 0) is 16.8 Å². The average Bonchev–Trinajstić information content (AvgIpc) is 2.68. The number of ketones is 1. The van der Waals surface area contributed by atoms with Gasteiger partial charge in [0.25, 0.3) is 0 Å². The van der Waals surface area contributed by atoms with E-state index in [1.807, 2.05) is 6.92 Å². The van der Waals surface area contributed by atoms with Crippen LogP contribution in [-0.4, -0.2) is 45.3 Å². The summed E-state index contributed by atoms with van der Waals surface area (Å²) < 4.78 is 14.6. The van der Waals surface area contributed by atoms with Gasteiger partial charge >= 0.3 is 0 Å². The van der Waals surface area contributed by atoms with Crippen LogP contribution in [0.4, 0.5) is 4.39 Å². The lowest BCUT2D eigenvalue weighted by Gasteiger charge is -2.34. The van der Waals surface area contributed by atoms with Gasteiger partial charge in [-0.15, -0.1) is 11.8 Å². The summed E-state index contributed by atoms with van der Waals surface area (Å²) in [6, 6.07) is 4.39. The third kappa shape index (κ3) is 4.45. The summed E-state index contributed by atoms with van der Waals surface area (Å²) in [4.78, 5) is 38.7. The van der Waals surface area contributed by atoms with E-state index < -0.39 is 11.4 Å². The predicted octanol–water partition coefficient (Wildman–Crippen LogP) is 2.55. The lowest BCUT2D eigenvalue weighted by Crippen LogP contribution is -2.47. The number of Topliss-reactive ketones (excluding diaryl/α,β-unsaturated/α-hetero) is 1. The number of hydrogen-bond acceptors (Lipinski definition) is 7. The van der Waals surface area contributed by atoms with Crippen LogP contribution in [0.25, 0.3) is 0 Å². The maximum absolute atomic E-state index is 14.6. The Labute approximate surface area is 172 Å². The minimum atomic E-state index is -1.13. The molecule has 0 fully saturated rings. The number of hydrogen-bond donors (Lipinski definition) is 1. The van der Waals surface area contributed by atoms with Gasteiger partial charge in [0.15, 0.2) is 11.7 Å². The molecule has 1 aliphatic heterocycles. The minimum Gasteiger partial charge on any atom is -0.369 e. The number of benzene rings is 1. The lowest BCUT2D eigenvalue weighted by atomic mass is 9.85. The molecule has 1 amide bonds. The number of amides is 1. The molecule has 0 saturated heterocycles. The van der Waals surface area contributed by atoms with E-state index >= 15 is 0 Å². The lowest BCUT2D eigenvalue weighted by molar-refractivity contribution is -0.128. The Kier molecular flexibility index (Phi) is 5.97. The van der Waals surface area contributed by atoms with Crippen molar-refractivity contribution in [3.05, 3.63) is 53.2 Å². The van der Waals surface area contributed by atoms with Gasteiger partial charge in [-0.2, -0.15) is 0 Å². The maximum atomic E-state index is 14.6. The highest BCUT2D eigenvalue weighted by Crippen LogP contribution is 2.35. The van der Waals surface area contributed by atoms with Gasteiger partial charge in [0.1, 0.15) is 16.5 Å². The summed E-state index contributed by atoms with van der Waals surface area (Å²) in [6.45, 7) is 3.66. The Hall–Kier alpha value is -2.81. The summed E-state index contributed by atoms with van der Waals surface area (Å²) in [7, 11) is 1.53. The van der Waals surface area contributed by atoms with Crippen LogP contribution < -0.4 is 5.73 Å². The van der Waals surface area contributed by atoms with Crippen LogP contribution in [0.5, 0.6) is 0 Å². The number of nitrogens with two attached hydrogens (primary N) is 1. The second kappa shape index (κ2) is 8.28. The van der Waals surface area contributed by atoms with Crippen molar-refractivity contribution in [2.75, 3.05) is 12.8 Å². The van der Waals surface area contributed by atoms with Crippen LogP contribution in [0, 0.1) is 5.82 Å². The topological polar surface area (TPSA) is 102 Å². The van der Waals surface area contributed by atoms with E-state index in [2.05, 4.69) is 15.0 Å².